The zero-order valence-electron chi connectivity index (χ0n) is 13.3. The molecule has 2 N–H and O–H groups in total. The van der Waals surface area contributed by atoms with Gasteiger partial charge in [-0.2, -0.15) is 0 Å². The van der Waals surface area contributed by atoms with Crippen molar-refractivity contribution in [3.63, 3.8) is 0 Å². The molecule has 5 nitrogen and oxygen atoms in total. The summed E-state index contributed by atoms with van der Waals surface area (Å²) < 4.78 is 18.6. The maximum absolute atomic E-state index is 13.1. The molecule has 3 rings (SSSR count). The van der Waals surface area contributed by atoms with Crippen molar-refractivity contribution in [2.45, 2.75) is 19.4 Å². The van der Waals surface area contributed by atoms with Gasteiger partial charge in [0.2, 0.25) is 11.8 Å². The largest absolute Gasteiger partial charge is 0.439 e. The van der Waals surface area contributed by atoms with Crippen molar-refractivity contribution in [3.8, 4) is 11.6 Å². The zero-order chi connectivity index (χ0) is 16.8. The van der Waals surface area contributed by atoms with E-state index in [1.54, 1.807) is 24.4 Å². The number of pyridine rings is 1. The quantitative estimate of drug-likeness (QED) is 0.885. The third kappa shape index (κ3) is 4.52. The number of aromatic nitrogens is 1. The van der Waals surface area contributed by atoms with Crippen molar-refractivity contribution in [1.29, 1.82) is 0 Å². The second-order valence-electron chi connectivity index (χ2n) is 5.81. The minimum atomic E-state index is -0.357. The lowest BCUT2D eigenvalue weighted by Gasteiger charge is -2.21. The van der Waals surface area contributed by atoms with Gasteiger partial charge in [0, 0.05) is 30.8 Å². The van der Waals surface area contributed by atoms with Gasteiger partial charge in [0.05, 0.1) is 0 Å². The number of rotatable bonds is 5. The molecule has 0 unspecified atom stereocenters. The molecule has 6 heteroatoms. The van der Waals surface area contributed by atoms with Gasteiger partial charge in [0.25, 0.3) is 0 Å². The number of nitrogens with zero attached hydrogens (tertiary/aromatic N) is 1. The van der Waals surface area contributed by atoms with Crippen molar-refractivity contribution in [2.75, 3.05) is 13.1 Å². The topological polar surface area (TPSA) is 63.2 Å². The summed E-state index contributed by atoms with van der Waals surface area (Å²) in [6, 6.07) is 9.44. The van der Waals surface area contributed by atoms with E-state index >= 15 is 0 Å². The third-order valence-corrected chi connectivity index (χ3v) is 3.99. The van der Waals surface area contributed by atoms with Gasteiger partial charge in [0.15, 0.2) is 0 Å². The first-order chi connectivity index (χ1) is 11.7. The molecule has 0 radical (unpaired) electrons. The lowest BCUT2D eigenvalue weighted by atomic mass is 9.97. The average molecular weight is 329 g/mol. The molecule has 1 aliphatic rings. The fourth-order valence-corrected chi connectivity index (χ4v) is 2.64. The van der Waals surface area contributed by atoms with Crippen molar-refractivity contribution >= 4 is 5.91 Å². The van der Waals surface area contributed by atoms with Crippen LogP contribution in [0.25, 0.3) is 0 Å². The number of ether oxygens (including phenoxy) is 1. The highest BCUT2D eigenvalue weighted by atomic mass is 19.1. The minimum Gasteiger partial charge on any atom is -0.439 e. The Morgan fingerprint density at radius 3 is 2.83 bits per heavy atom. The van der Waals surface area contributed by atoms with Gasteiger partial charge in [-0.15, -0.1) is 0 Å². The van der Waals surface area contributed by atoms with Crippen molar-refractivity contribution < 1.29 is 13.9 Å². The molecular weight excluding hydrogens is 309 g/mol. The van der Waals surface area contributed by atoms with Crippen LogP contribution in [0.2, 0.25) is 0 Å². The summed E-state index contributed by atoms with van der Waals surface area (Å²) in [7, 11) is 0. The average Bonchev–Trinajstić information content (AvgIpc) is 2.62. The Morgan fingerprint density at radius 2 is 2.12 bits per heavy atom. The molecule has 1 aromatic carbocycles. The van der Waals surface area contributed by atoms with Crippen LogP contribution in [0.15, 0.2) is 42.6 Å². The Kier molecular flexibility index (Phi) is 5.38. The molecule has 1 amide bonds. The number of benzene rings is 1. The van der Waals surface area contributed by atoms with Gasteiger partial charge in [-0.25, -0.2) is 9.37 Å². The van der Waals surface area contributed by atoms with Crippen LogP contribution in [-0.4, -0.2) is 24.0 Å². The maximum atomic E-state index is 13.1. The van der Waals surface area contributed by atoms with Gasteiger partial charge in [-0.3, -0.25) is 4.79 Å². The number of hydrogen-bond donors (Lipinski definition) is 2. The number of nitrogens with one attached hydrogen (secondary N) is 2. The molecule has 0 atom stereocenters. The van der Waals surface area contributed by atoms with Gasteiger partial charge < -0.3 is 15.4 Å². The summed E-state index contributed by atoms with van der Waals surface area (Å²) in [6.45, 7) is 2.23. The predicted octanol–water partition coefficient (Wildman–Crippen LogP) is 2.63. The fraction of sp³-hybridized carbons (Fsp3) is 0.333. The van der Waals surface area contributed by atoms with Crippen molar-refractivity contribution in [3.05, 3.63) is 54.0 Å². The molecule has 1 aromatic heterocycles. The van der Waals surface area contributed by atoms with Crippen LogP contribution in [0.1, 0.15) is 18.4 Å². The normalized spacial score (nSPS) is 15.0. The Hall–Kier alpha value is -2.47. The fourth-order valence-electron chi connectivity index (χ4n) is 2.64. The molecule has 0 spiro atoms. The van der Waals surface area contributed by atoms with Crippen molar-refractivity contribution in [1.82, 2.24) is 15.6 Å². The molecular formula is C18H20FN3O2. The summed E-state index contributed by atoms with van der Waals surface area (Å²) in [5.41, 5.74) is 0.892. The SMILES string of the molecule is O=C(NCc1ccc(Oc2cccc(F)c2)nc1)C1CCNCC1. The lowest BCUT2D eigenvalue weighted by molar-refractivity contribution is -0.125. The highest BCUT2D eigenvalue weighted by Crippen LogP contribution is 2.20. The molecule has 1 aliphatic heterocycles. The van der Waals surface area contributed by atoms with Crippen LogP contribution in [0.3, 0.4) is 0 Å². The predicted molar refractivity (Wildman–Crippen MR) is 88.2 cm³/mol. The van der Waals surface area contributed by atoms with Gasteiger partial charge in [0.1, 0.15) is 11.6 Å². The van der Waals surface area contributed by atoms with E-state index in [0.717, 1.165) is 31.5 Å². The van der Waals surface area contributed by atoms with Crippen LogP contribution in [0.5, 0.6) is 11.6 Å². The minimum absolute atomic E-state index is 0.0924. The Bertz CT molecular complexity index is 685. The van der Waals surface area contributed by atoms with Crippen LogP contribution < -0.4 is 15.4 Å². The number of hydrogen-bond acceptors (Lipinski definition) is 4. The summed E-state index contributed by atoms with van der Waals surface area (Å²) in [5, 5.41) is 6.19. The molecule has 126 valence electrons. The second kappa shape index (κ2) is 7.88. The highest BCUT2D eigenvalue weighted by Gasteiger charge is 2.20. The first-order valence-electron chi connectivity index (χ1n) is 8.07. The van der Waals surface area contributed by atoms with Gasteiger partial charge >= 0.3 is 0 Å². The van der Waals surface area contributed by atoms with Crippen LogP contribution in [-0.2, 0) is 11.3 Å². The highest BCUT2D eigenvalue weighted by molar-refractivity contribution is 5.78. The van der Waals surface area contributed by atoms with E-state index in [4.69, 9.17) is 4.74 Å². The number of piperidine rings is 1. The number of carbonyl (C=O) groups excluding carboxylic acids is 1. The van der Waals surface area contributed by atoms with Gasteiger partial charge in [-0.05, 0) is 43.6 Å². The Labute approximate surface area is 140 Å². The lowest BCUT2D eigenvalue weighted by Crippen LogP contribution is -2.37. The molecule has 0 bridgehead atoms. The van der Waals surface area contributed by atoms with E-state index in [1.165, 1.54) is 12.1 Å². The second-order valence-corrected chi connectivity index (χ2v) is 5.81. The van der Waals surface area contributed by atoms with E-state index in [-0.39, 0.29) is 17.6 Å². The van der Waals surface area contributed by atoms with Gasteiger partial charge in [-0.1, -0.05) is 12.1 Å². The van der Waals surface area contributed by atoms with Crippen LogP contribution in [0, 0.1) is 11.7 Å². The van der Waals surface area contributed by atoms with E-state index in [2.05, 4.69) is 15.6 Å². The molecule has 1 saturated heterocycles. The first kappa shape index (κ1) is 16.4. The molecule has 1 fully saturated rings. The molecule has 24 heavy (non-hydrogen) atoms. The summed E-state index contributed by atoms with van der Waals surface area (Å²) in [4.78, 5) is 16.3. The number of amides is 1. The van der Waals surface area contributed by atoms with Crippen LogP contribution in [0.4, 0.5) is 4.39 Å². The van der Waals surface area contributed by atoms with E-state index in [9.17, 15) is 9.18 Å². The smallest absolute Gasteiger partial charge is 0.223 e. The van der Waals surface area contributed by atoms with E-state index < -0.39 is 0 Å². The van der Waals surface area contributed by atoms with Crippen LogP contribution >= 0.6 is 0 Å². The Balaban J connectivity index is 1.51. The Morgan fingerprint density at radius 1 is 1.29 bits per heavy atom. The first-order valence-corrected chi connectivity index (χ1v) is 8.07. The number of carbonyl (C=O) groups is 1. The van der Waals surface area contributed by atoms with Crippen molar-refractivity contribution in [2.24, 2.45) is 5.92 Å². The molecule has 2 aromatic rings. The van der Waals surface area contributed by atoms with E-state index in [0.29, 0.717) is 18.2 Å². The van der Waals surface area contributed by atoms with E-state index in [1.807, 2.05) is 6.07 Å². The summed E-state index contributed by atoms with van der Waals surface area (Å²) >= 11 is 0. The summed E-state index contributed by atoms with van der Waals surface area (Å²) in [6.07, 6.45) is 3.41. The molecule has 2 heterocycles. The summed E-state index contributed by atoms with van der Waals surface area (Å²) in [5.74, 6) is 0.611. The maximum Gasteiger partial charge on any atom is 0.223 e. The zero-order valence-corrected chi connectivity index (χ0v) is 13.3. The number of halogens is 1. The standard InChI is InChI=1S/C18H20FN3O2/c19-15-2-1-3-16(10-15)24-17-5-4-13(11-21-17)12-22-18(23)14-6-8-20-9-7-14/h1-5,10-11,14,20H,6-9,12H2,(H,22,23). The monoisotopic (exact) mass is 329 g/mol. The molecule has 0 aliphatic carbocycles. The third-order valence-electron chi connectivity index (χ3n) is 3.99. The molecule has 0 saturated carbocycles.